The van der Waals surface area contributed by atoms with Crippen LogP contribution in [0.3, 0.4) is 0 Å². The second-order valence-corrected chi connectivity index (χ2v) is 6.77. The lowest BCUT2D eigenvalue weighted by molar-refractivity contribution is 0.174. The number of pyridine rings is 1. The van der Waals surface area contributed by atoms with E-state index in [1.165, 1.54) is 4.57 Å². The number of fused-ring (bicyclic) bond motifs is 2. The number of H-pyrrole nitrogens is 1. The number of hydrogen-bond acceptors (Lipinski definition) is 5. The third-order valence-electron chi connectivity index (χ3n) is 5.03. The van der Waals surface area contributed by atoms with Gasteiger partial charge in [-0.05, 0) is 41.3 Å². The van der Waals surface area contributed by atoms with Gasteiger partial charge in [0.25, 0.3) is 5.56 Å². The number of rotatable bonds is 4. The molecular formula is C22H17N3O4. The van der Waals surface area contributed by atoms with Gasteiger partial charge in [0.2, 0.25) is 6.79 Å². The van der Waals surface area contributed by atoms with Crippen LogP contribution < -0.4 is 20.7 Å². The first kappa shape index (κ1) is 17.2. The number of nitrogens with zero attached hydrogens (tertiary/aromatic N) is 2. The smallest absolute Gasteiger partial charge is 0.330 e. The molecule has 0 saturated heterocycles. The van der Waals surface area contributed by atoms with Crippen molar-refractivity contribution in [3.63, 3.8) is 0 Å². The molecule has 7 heteroatoms. The summed E-state index contributed by atoms with van der Waals surface area (Å²) >= 11 is 0. The molecule has 2 aromatic heterocycles. The van der Waals surface area contributed by atoms with Crippen molar-refractivity contribution < 1.29 is 9.47 Å². The Hall–Kier alpha value is -3.87. The molecule has 0 saturated carbocycles. The zero-order valence-corrected chi connectivity index (χ0v) is 15.4. The number of aryl methyl sites for hydroxylation is 2. The van der Waals surface area contributed by atoms with Crippen molar-refractivity contribution >= 4 is 11.0 Å². The molecule has 0 amide bonds. The van der Waals surface area contributed by atoms with Gasteiger partial charge in [0.15, 0.2) is 11.5 Å². The Morgan fingerprint density at radius 3 is 2.69 bits per heavy atom. The molecule has 1 aliphatic heterocycles. The van der Waals surface area contributed by atoms with Crippen LogP contribution in [0, 0.1) is 0 Å². The Bertz CT molecular complexity index is 1330. The molecule has 0 unspecified atom stereocenters. The molecule has 0 bridgehead atoms. The summed E-state index contributed by atoms with van der Waals surface area (Å²) in [5, 5.41) is 0.374. The lowest BCUT2D eigenvalue weighted by Gasteiger charge is -2.12. The monoisotopic (exact) mass is 387 g/mol. The zero-order valence-electron chi connectivity index (χ0n) is 15.4. The Labute approximate surface area is 165 Å². The van der Waals surface area contributed by atoms with Crippen molar-refractivity contribution in [2.45, 2.75) is 13.0 Å². The molecule has 5 rings (SSSR count). The number of ether oxygens (including phenoxy) is 2. The maximum atomic E-state index is 12.7. The third-order valence-corrected chi connectivity index (χ3v) is 5.03. The number of aromatic nitrogens is 3. The molecule has 144 valence electrons. The van der Waals surface area contributed by atoms with Gasteiger partial charge >= 0.3 is 5.69 Å². The van der Waals surface area contributed by atoms with E-state index < -0.39 is 11.2 Å². The summed E-state index contributed by atoms with van der Waals surface area (Å²) in [5.41, 5.74) is 2.02. The second kappa shape index (κ2) is 6.94. The lowest BCUT2D eigenvalue weighted by Crippen LogP contribution is -2.31. The highest BCUT2D eigenvalue weighted by molar-refractivity contribution is 5.92. The van der Waals surface area contributed by atoms with E-state index in [9.17, 15) is 9.59 Å². The minimum Gasteiger partial charge on any atom is -0.454 e. The zero-order chi connectivity index (χ0) is 19.8. The molecule has 2 aromatic carbocycles. The number of benzene rings is 2. The minimum absolute atomic E-state index is 0.176. The van der Waals surface area contributed by atoms with Gasteiger partial charge in [-0.25, -0.2) is 9.78 Å². The van der Waals surface area contributed by atoms with Crippen LogP contribution in [-0.2, 0) is 13.0 Å². The molecule has 3 heterocycles. The first-order valence-corrected chi connectivity index (χ1v) is 9.26. The van der Waals surface area contributed by atoms with Crippen LogP contribution in [0.1, 0.15) is 5.56 Å². The first-order valence-electron chi connectivity index (χ1n) is 9.26. The summed E-state index contributed by atoms with van der Waals surface area (Å²) in [6, 6.07) is 17.1. The van der Waals surface area contributed by atoms with Gasteiger partial charge < -0.3 is 9.47 Å². The SMILES string of the molecule is O=c1[nH]c(=O)n(CCc2ccccc2)c2nccc(-c3ccc4c(c3)OCO4)c12. The largest absolute Gasteiger partial charge is 0.454 e. The number of hydrogen-bond donors (Lipinski definition) is 1. The molecule has 1 N–H and O–H groups in total. The van der Waals surface area contributed by atoms with Gasteiger partial charge in [0.1, 0.15) is 5.65 Å². The fourth-order valence-electron chi connectivity index (χ4n) is 3.60. The fourth-order valence-corrected chi connectivity index (χ4v) is 3.60. The van der Waals surface area contributed by atoms with Crippen LogP contribution >= 0.6 is 0 Å². The van der Waals surface area contributed by atoms with E-state index in [1.54, 1.807) is 12.3 Å². The standard InChI is InChI=1S/C22H17N3O4/c26-21-19-16(15-6-7-17-18(12-15)29-13-28-17)8-10-23-20(19)25(22(27)24-21)11-9-14-4-2-1-3-5-14/h1-8,10,12H,9,11,13H2,(H,24,26,27). The highest BCUT2D eigenvalue weighted by atomic mass is 16.7. The molecular weight excluding hydrogens is 370 g/mol. The van der Waals surface area contributed by atoms with E-state index in [1.807, 2.05) is 48.5 Å². The van der Waals surface area contributed by atoms with Crippen LogP contribution in [-0.4, -0.2) is 21.3 Å². The summed E-state index contributed by atoms with van der Waals surface area (Å²) in [4.78, 5) is 32.0. The minimum atomic E-state index is -0.464. The van der Waals surface area contributed by atoms with Crippen molar-refractivity contribution in [2.24, 2.45) is 0 Å². The van der Waals surface area contributed by atoms with Crippen molar-refractivity contribution in [3.8, 4) is 22.6 Å². The van der Waals surface area contributed by atoms with Gasteiger partial charge in [-0.1, -0.05) is 36.4 Å². The number of nitrogens with one attached hydrogen (secondary N) is 1. The van der Waals surface area contributed by atoms with E-state index in [0.29, 0.717) is 41.1 Å². The molecule has 7 nitrogen and oxygen atoms in total. The molecule has 0 radical (unpaired) electrons. The van der Waals surface area contributed by atoms with Crippen molar-refractivity contribution in [2.75, 3.05) is 6.79 Å². The molecule has 29 heavy (non-hydrogen) atoms. The second-order valence-electron chi connectivity index (χ2n) is 6.77. The number of aromatic amines is 1. The van der Waals surface area contributed by atoms with Crippen LogP contribution in [0.15, 0.2) is 70.4 Å². The maximum Gasteiger partial charge on any atom is 0.330 e. The van der Waals surface area contributed by atoms with E-state index in [2.05, 4.69) is 9.97 Å². The van der Waals surface area contributed by atoms with E-state index in [-0.39, 0.29) is 6.79 Å². The van der Waals surface area contributed by atoms with Crippen LogP contribution in [0.25, 0.3) is 22.2 Å². The van der Waals surface area contributed by atoms with Gasteiger partial charge in [0, 0.05) is 12.7 Å². The summed E-state index contributed by atoms with van der Waals surface area (Å²) in [5.74, 6) is 1.29. The third kappa shape index (κ3) is 3.06. The normalized spacial score (nSPS) is 12.4. The summed E-state index contributed by atoms with van der Waals surface area (Å²) < 4.78 is 12.3. The van der Waals surface area contributed by atoms with Crippen molar-refractivity contribution in [3.05, 3.63) is 87.2 Å². The Morgan fingerprint density at radius 2 is 1.83 bits per heavy atom. The molecule has 4 aromatic rings. The van der Waals surface area contributed by atoms with Crippen LogP contribution in [0.2, 0.25) is 0 Å². The van der Waals surface area contributed by atoms with Gasteiger partial charge in [-0.15, -0.1) is 0 Å². The van der Waals surface area contributed by atoms with Gasteiger partial charge in [0.05, 0.1) is 5.39 Å². The molecule has 0 atom stereocenters. The van der Waals surface area contributed by atoms with E-state index in [0.717, 1.165) is 11.1 Å². The van der Waals surface area contributed by atoms with Crippen LogP contribution in [0.4, 0.5) is 0 Å². The van der Waals surface area contributed by atoms with Crippen molar-refractivity contribution in [1.82, 2.24) is 14.5 Å². The highest BCUT2D eigenvalue weighted by Gasteiger charge is 2.18. The first-order chi connectivity index (χ1) is 14.2. The Kier molecular flexibility index (Phi) is 4.13. The summed E-state index contributed by atoms with van der Waals surface area (Å²) in [6.07, 6.45) is 2.26. The molecule has 0 spiro atoms. The summed E-state index contributed by atoms with van der Waals surface area (Å²) in [7, 11) is 0. The molecule has 0 aliphatic carbocycles. The van der Waals surface area contributed by atoms with E-state index >= 15 is 0 Å². The molecule has 0 fully saturated rings. The average molecular weight is 387 g/mol. The maximum absolute atomic E-state index is 12.7. The van der Waals surface area contributed by atoms with Crippen LogP contribution in [0.5, 0.6) is 11.5 Å². The summed E-state index contributed by atoms with van der Waals surface area (Å²) in [6.45, 7) is 0.587. The fraction of sp³-hybridized carbons (Fsp3) is 0.136. The topological polar surface area (TPSA) is 86.2 Å². The highest BCUT2D eigenvalue weighted by Crippen LogP contribution is 2.36. The molecule has 1 aliphatic rings. The predicted octanol–water partition coefficient (Wildman–Crippen LogP) is 2.72. The van der Waals surface area contributed by atoms with Gasteiger partial charge in [-0.2, -0.15) is 0 Å². The van der Waals surface area contributed by atoms with Gasteiger partial charge in [-0.3, -0.25) is 14.3 Å². The lowest BCUT2D eigenvalue weighted by atomic mass is 10.0. The quantitative estimate of drug-likeness (QED) is 0.582. The predicted molar refractivity (Wildman–Crippen MR) is 108 cm³/mol. The Morgan fingerprint density at radius 1 is 1.00 bits per heavy atom. The van der Waals surface area contributed by atoms with E-state index in [4.69, 9.17) is 9.47 Å². The van der Waals surface area contributed by atoms with Crippen molar-refractivity contribution in [1.29, 1.82) is 0 Å². The Balaban J connectivity index is 1.64. The average Bonchev–Trinajstić information content (AvgIpc) is 3.21.